The molecule has 0 aliphatic heterocycles. The Balaban J connectivity index is 2.05. The van der Waals surface area contributed by atoms with E-state index in [4.69, 9.17) is 11.6 Å². The van der Waals surface area contributed by atoms with Crippen LogP contribution in [0.3, 0.4) is 0 Å². The highest BCUT2D eigenvalue weighted by Crippen LogP contribution is 2.11. The number of hydrogen-bond acceptors (Lipinski definition) is 3. The largest absolute Gasteiger partial charge is 0.356 e. The molecule has 0 saturated heterocycles. The fraction of sp³-hybridized carbons (Fsp3) is 0.300. The molecule has 0 fully saturated rings. The Hall–Kier alpha value is -1.82. The lowest BCUT2D eigenvalue weighted by atomic mass is 10.3. The minimum absolute atomic E-state index is 0.153. The highest BCUT2D eigenvalue weighted by molar-refractivity contribution is 6.30. The van der Waals surface area contributed by atoms with Crippen LogP contribution in [-0.2, 0) is 6.54 Å². The summed E-state index contributed by atoms with van der Waals surface area (Å²) in [5, 5.41) is 7.21. The Morgan fingerprint density at radius 2 is 2.35 bits per heavy atom. The first-order valence-electron chi connectivity index (χ1n) is 5.03. The van der Waals surface area contributed by atoms with Gasteiger partial charge < -0.3 is 9.88 Å². The van der Waals surface area contributed by atoms with Gasteiger partial charge in [0.15, 0.2) is 5.82 Å². The normalized spacial score (nSPS) is 10.5. The molecule has 0 saturated carbocycles. The predicted octanol–water partition coefficient (Wildman–Crippen LogP) is 1.37. The van der Waals surface area contributed by atoms with Gasteiger partial charge in [-0.25, -0.2) is 4.98 Å². The average molecular weight is 254 g/mol. The molecule has 0 atom stereocenters. The average Bonchev–Trinajstić information content (AvgIpc) is 2.87. The lowest BCUT2D eigenvalue weighted by Crippen LogP contribution is -2.27. The zero-order chi connectivity index (χ0) is 12.4. The maximum Gasteiger partial charge on any atom is 0.270 e. The van der Waals surface area contributed by atoms with Crippen LogP contribution < -0.4 is 0 Å². The summed E-state index contributed by atoms with van der Waals surface area (Å²) in [7, 11) is 1.68. The maximum atomic E-state index is 11.9. The van der Waals surface area contributed by atoms with Gasteiger partial charge in [-0.15, -0.1) is 0 Å². The van der Waals surface area contributed by atoms with Gasteiger partial charge in [0.05, 0.1) is 11.6 Å². The van der Waals surface area contributed by atoms with Gasteiger partial charge in [-0.05, 0) is 13.0 Å². The number of aromatic amines is 2. The third kappa shape index (κ3) is 2.65. The van der Waals surface area contributed by atoms with E-state index in [9.17, 15) is 4.79 Å². The van der Waals surface area contributed by atoms with Gasteiger partial charge in [-0.3, -0.25) is 9.89 Å². The lowest BCUT2D eigenvalue weighted by Gasteiger charge is -2.13. The summed E-state index contributed by atoms with van der Waals surface area (Å²) in [5.74, 6) is 1.15. The van der Waals surface area contributed by atoms with Crippen molar-refractivity contribution in [2.24, 2.45) is 0 Å². The van der Waals surface area contributed by atoms with Crippen molar-refractivity contribution in [3.8, 4) is 0 Å². The molecule has 0 spiro atoms. The zero-order valence-electron chi connectivity index (χ0n) is 9.49. The third-order valence-electron chi connectivity index (χ3n) is 2.25. The molecule has 6 nitrogen and oxygen atoms in total. The number of carbonyl (C=O) groups excluding carboxylic acids is 1. The van der Waals surface area contributed by atoms with Crippen LogP contribution in [0.2, 0.25) is 5.02 Å². The minimum Gasteiger partial charge on any atom is -0.356 e. The third-order valence-corrected chi connectivity index (χ3v) is 2.47. The molecule has 17 heavy (non-hydrogen) atoms. The van der Waals surface area contributed by atoms with Gasteiger partial charge in [0.1, 0.15) is 11.5 Å². The van der Waals surface area contributed by atoms with E-state index >= 15 is 0 Å². The predicted molar refractivity (Wildman–Crippen MR) is 62.7 cm³/mol. The number of H-pyrrole nitrogens is 2. The van der Waals surface area contributed by atoms with Gasteiger partial charge in [0.2, 0.25) is 0 Å². The van der Waals surface area contributed by atoms with E-state index in [0.717, 1.165) is 5.82 Å². The summed E-state index contributed by atoms with van der Waals surface area (Å²) in [6.07, 6.45) is 1.57. The van der Waals surface area contributed by atoms with E-state index in [1.807, 2.05) is 6.92 Å². The summed E-state index contributed by atoms with van der Waals surface area (Å²) in [6, 6.07) is 1.59. The van der Waals surface area contributed by atoms with Crippen LogP contribution in [0.4, 0.5) is 0 Å². The number of nitrogens with one attached hydrogen (secondary N) is 2. The Morgan fingerprint density at radius 1 is 1.59 bits per heavy atom. The number of aryl methyl sites for hydroxylation is 1. The molecule has 1 amide bonds. The number of amides is 1. The standard InChI is InChI=1S/C10H12ClN5O/c1-6-13-9(15-14-6)5-16(2)10(17)8-3-7(11)4-12-8/h3-4,12H,5H2,1-2H3,(H,13,14,15). The molecule has 0 bridgehead atoms. The van der Waals surface area contributed by atoms with Gasteiger partial charge in [-0.2, -0.15) is 5.10 Å². The van der Waals surface area contributed by atoms with Crippen LogP contribution in [0.25, 0.3) is 0 Å². The summed E-state index contributed by atoms with van der Waals surface area (Å²) >= 11 is 5.74. The first-order valence-corrected chi connectivity index (χ1v) is 5.41. The number of carbonyl (C=O) groups is 1. The van der Waals surface area contributed by atoms with Crippen molar-refractivity contribution in [2.75, 3.05) is 7.05 Å². The van der Waals surface area contributed by atoms with E-state index in [0.29, 0.717) is 23.1 Å². The van der Waals surface area contributed by atoms with Crippen molar-refractivity contribution in [3.05, 3.63) is 34.6 Å². The van der Waals surface area contributed by atoms with Crippen LogP contribution in [0, 0.1) is 6.92 Å². The molecule has 90 valence electrons. The number of rotatable bonds is 3. The molecule has 2 aromatic rings. The van der Waals surface area contributed by atoms with Crippen LogP contribution >= 0.6 is 11.6 Å². The molecule has 2 heterocycles. The van der Waals surface area contributed by atoms with Crippen LogP contribution in [0.5, 0.6) is 0 Å². The van der Waals surface area contributed by atoms with Crippen LogP contribution in [0.1, 0.15) is 22.1 Å². The number of nitrogens with zero attached hydrogens (tertiary/aromatic N) is 3. The molecular formula is C10H12ClN5O. The van der Waals surface area contributed by atoms with Gasteiger partial charge in [0.25, 0.3) is 5.91 Å². The van der Waals surface area contributed by atoms with Crippen molar-refractivity contribution >= 4 is 17.5 Å². The number of halogens is 1. The molecule has 0 aliphatic carbocycles. The van der Waals surface area contributed by atoms with E-state index in [1.165, 1.54) is 4.90 Å². The molecule has 2 rings (SSSR count). The summed E-state index contributed by atoms with van der Waals surface area (Å²) < 4.78 is 0. The smallest absolute Gasteiger partial charge is 0.270 e. The fourth-order valence-electron chi connectivity index (χ4n) is 1.44. The maximum absolute atomic E-state index is 11.9. The van der Waals surface area contributed by atoms with Crippen molar-refractivity contribution in [1.29, 1.82) is 0 Å². The molecule has 0 aromatic carbocycles. The highest BCUT2D eigenvalue weighted by Gasteiger charge is 2.15. The van der Waals surface area contributed by atoms with Crippen LogP contribution in [0.15, 0.2) is 12.3 Å². The van der Waals surface area contributed by atoms with E-state index in [2.05, 4.69) is 20.2 Å². The first kappa shape index (κ1) is 11.7. The first-order chi connectivity index (χ1) is 8.06. The van der Waals surface area contributed by atoms with E-state index in [-0.39, 0.29) is 5.91 Å². The van der Waals surface area contributed by atoms with Crippen molar-refractivity contribution in [2.45, 2.75) is 13.5 Å². The molecule has 0 aliphatic rings. The fourth-order valence-corrected chi connectivity index (χ4v) is 1.60. The van der Waals surface area contributed by atoms with Crippen molar-refractivity contribution < 1.29 is 4.79 Å². The van der Waals surface area contributed by atoms with Gasteiger partial charge >= 0.3 is 0 Å². The minimum atomic E-state index is -0.153. The summed E-state index contributed by atoms with van der Waals surface area (Å²) in [4.78, 5) is 20.4. The lowest BCUT2D eigenvalue weighted by molar-refractivity contribution is 0.0776. The second kappa shape index (κ2) is 4.58. The summed E-state index contributed by atoms with van der Waals surface area (Å²) in [6.45, 7) is 2.16. The molecule has 7 heteroatoms. The van der Waals surface area contributed by atoms with E-state index in [1.54, 1.807) is 19.3 Å². The molecule has 0 unspecified atom stereocenters. The Bertz CT molecular complexity index is 532. The van der Waals surface area contributed by atoms with Crippen LogP contribution in [-0.4, -0.2) is 38.0 Å². The Morgan fingerprint density at radius 3 is 2.88 bits per heavy atom. The molecular weight excluding hydrogens is 242 g/mol. The quantitative estimate of drug-likeness (QED) is 0.867. The van der Waals surface area contributed by atoms with Crippen molar-refractivity contribution in [1.82, 2.24) is 25.1 Å². The summed E-state index contributed by atoms with van der Waals surface area (Å²) in [5.41, 5.74) is 0.449. The Labute approximate surface area is 103 Å². The number of hydrogen-bond donors (Lipinski definition) is 2. The highest BCUT2D eigenvalue weighted by atomic mass is 35.5. The molecule has 2 aromatic heterocycles. The number of aromatic nitrogens is 4. The topological polar surface area (TPSA) is 77.7 Å². The monoisotopic (exact) mass is 253 g/mol. The van der Waals surface area contributed by atoms with Crippen molar-refractivity contribution in [3.63, 3.8) is 0 Å². The SMILES string of the molecule is Cc1nc(CN(C)C(=O)c2cc(Cl)c[nH]2)n[nH]1. The molecule has 2 N–H and O–H groups in total. The Kier molecular flexibility index (Phi) is 3.14. The second-order valence-electron chi connectivity index (χ2n) is 3.73. The van der Waals surface area contributed by atoms with Gasteiger partial charge in [0, 0.05) is 13.2 Å². The van der Waals surface area contributed by atoms with Gasteiger partial charge in [-0.1, -0.05) is 11.6 Å². The zero-order valence-corrected chi connectivity index (χ0v) is 10.2. The molecule has 0 radical (unpaired) electrons. The second-order valence-corrected chi connectivity index (χ2v) is 4.17. The van der Waals surface area contributed by atoms with E-state index < -0.39 is 0 Å².